The number of nitro benzene ring substituents is 1. The fraction of sp³-hybridized carbons (Fsp3) is 0.348. The number of fused-ring (bicyclic) bond motifs is 1. The fourth-order valence-corrected chi connectivity index (χ4v) is 5.22. The Kier molecular flexibility index (Phi) is 7.37. The van der Waals surface area contributed by atoms with Gasteiger partial charge in [-0.15, -0.1) is 11.3 Å². The zero-order valence-electron chi connectivity index (χ0n) is 19.1. The third-order valence-electron chi connectivity index (χ3n) is 5.30. The van der Waals surface area contributed by atoms with E-state index in [1.807, 2.05) is 0 Å². The largest absolute Gasteiger partial charge is 0.470 e. The van der Waals surface area contributed by atoms with Crippen LogP contribution in [0.15, 0.2) is 30.5 Å². The zero-order valence-corrected chi connectivity index (χ0v) is 20.6. The van der Waals surface area contributed by atoms with Crippen molar-refractivity contribution >= 4 is 45.5 Å². The lowest BCUT2D eigenvalue weighted by atomic mass is 9.95. The molecule has 1 amide bonds. The SMILES string of the molecule is CC(C)OC(=O)c1c(NC(=O)c2ccn(COc3ccc([N+](=O)[O-])cc3Cl)n2)sc2c1CCCC2. The van der Waals surface area contributed by atoms with Gasteiger partial charge in [0, 0.05) is 23.2 Å². The van der Waals surface area contributed by atoms with Gasteiger partial charge >= 0.3 is 5.97 Å². The van der Waals surface area contributed by atoms with Gasteiger partial charge in [-0.1, -0.05) is 11.6 Å². The van der Waals surface area contributed by atoms with Gasteiger partial charge < -0.3 is 14.8 Å². The van der Waals surface area contributed by atoms with E-state index in [9.17, 15) is 19.7 Å². The lowest BCUT2D eigenvalue weighted by molar-refractivity contribution is -0.384. The number of ether oxygens (including phenoxy) is 2. The van der Waals surface area contributed by atoms with Gasteiger partial charge in [-0.25, -0.2) is 9.48 Å². The third-order valence-corrected chi connectivity index (χ3v) is 6.80. The van der Waals surface area contributed by atoms with E-state index >= 15 is 0 Å². The first kappa shape index (κ1) is 24.7. The number of carbonyl (C=O) groups excluding carboxylic acids is 2. The van der Waals surface area contributed by atoms with Crippen LogP contribution in [0.5, 0.6) is 5.75 Å². The predicted molar refractivity (Wildman–Crippen MR) is 130 cm³/mol. The monoisotopic (exact) mass is 518 g/mol. The van der Waals surface area contributed by atoms with E-state index in [0.29, 0.717) is 10.6 Å². The summed E-state index contributed by atoms with van der Waals surface area (Å²) in [5, 5.41) is 18.4. The maximum Gasteiger partial charge on any atom is 0.341 e. The van der Waals surface area contributed by atoms with Gasteiger partial charge in [0.15, 0.2) is 12.4 Å². The van der Waals surface area contributed by atoms with Crippen LogP contribution in [0.2, 0.25) is 5.02 Å². The molecular formula is C23H23ClN4O6S. The van der Waals surface area contributed by atoms with Crippen LogP contribution in [0.3, 0.4) is 0 Å². The molecule has 1 aliphatic carbocycles. The Hall–Kier alpha value is -3.44. The number of carbonyl (C=O) groups is 2. The van der Waals surface area contributed by atoms with Crippen molar-refractivity contribution in [2.75, 3.05) is 5.32 Å². The Balaban J connectivity index is 1.46. The molecule has 2 heterocycles. The highest BCUT2D eigenvalue weighted by Gasteiger charge is 2.28. The number of thiophene rings is 1. The molecule has 0 saturated carbocycles. The lowest BCUT2D eigenvalue weighted by Crippen LogP contribution is -2.18. The molecule has 35 heavy (non-hydrogen) atoms. The number of rotatable bonds is 8. The van der Waals surface area contributed by atoms with Crippen molar-refractivity contribution in [2.24, 2.45) is 0 Å². The third kappa shape index (κ3) is 5.63. The smallest absolute Gasteiger partial charge is 0.341 e. The summed E-state index contributed by atoms with van der Waals surface area (Å²) < 4.78 is 12.4. The van der Waals surface area contributed by atoms with Crippen LogP contribution >= 0.6 is 22.9 Å². The number of anilines is 1. The number of amides is 1. The van der Waals surface area contributed by atoms with Gasteiger partial charge in [0.05, 0.1) is 21.6 Å². The molecule has 3 aromatic rings. The second-order valence-corrected chi connectivity index (χ2v) is 9.72. The van der Waals surface area contributed by atoms with Crippen molar-refractivity contribution in [3.63, 3.8) is 0 Å². The summed E-state index contributed by atoms with van der Waals surface area (Å²) >= 11 is 7.45. The van der Waals surface area contributed by atoms with Crippen LogP contribution in [-0.4, -0.2) is 32.7 Å². The van der Waals surface area contributed by atoms with E-state index in [1.165, 1.54) is 40.3 Å². The van der Waals surface area contributed by atoms with Crippen molar-refractivity contribution in [3.05, 3.63) is 67.3 Å². The van der Waals surface area contributed by atoms with E-state index < -0.39 is 16.8 Å². The molecule has 1 aromatic carbocycles. The zero-order chi connectivity index (χ0) is 25.1. The molecule has 2 aromatic heterocycles. The van der Waals surface area contributed by atoms with Gasteiger partial charge in [-0.3, -0.25) is 14.9 Å². The average Bonchev–Trinajstić information content (AvgIpc) is 3.42. The van der Waals surface area contributed by atoms with Crippen molar-refractivity contribution in [1.82, 2.24) is 9.78 Å². The second-order valence-electron chi connectivity index (χ2n) is 8.21. The van der Waals surface area contributed by atoms with Crippen molar-refractivity contribution in [1.29, 1.82) is 0 Å². The molecular weight excluding hydrogens is 496 g/mol. The molecule has 0 radical (unpaired) electrons. The number of nitrogens with zero attached hydrogens (tertiary/aromatic N) is 3. The molecule has 12 heteroatoms. The van der Waals surface area contributed by atoms with Crippen LogP contribution in [0.1, 0.15) is 58.0 Å². The Labute approximate surface area is 209 Å². The Morgan fingerprint density at radius 2 is 2.06 bits per heavy atom. The highest BCUT2D eigenvalue weighted by atomic mass is 35.5. The number of benzene rings is 1. The number of hydrogen-bond acceptors (Lipinski definition) is 8. The summed E-state index contributed by atoms with van der Waals surface area (Å²) in [7, 11) is 0. The van der Waals surface area contributed by atoms with Crippen LogP contribution in [0.25, 0.3) is 0 Å². The maximum absolute atomic E-state index is 12.9. The Morgan fingerprint density at radius 1 is 1.29 bits per heavy atom. The number of aromatic nitrogens is 2. The van der Waals surface area contributed by atoms with E-state index in [-0.39, 0.29) is 35.0 Å². The van der Waals surface area contributed by atoms with Crippen molar-refractivity contribution in [2.45, 2.75) is 52.4 Å². The lowest BCUT2D eigenvalue weighted by Gasteiger charge is -2.14. The minimum Gasteiger partial charge on any atom is -0.470 e. The normalized spacial score (nSPS) is 12.8. The second kappa shape index (κ2) is 10.4. The summed E-state index contributed by atoms with van der Waals surface area (Å²) in [4.78, 5) is 37.1. The summed E-state index contributed by atoms with van der Waals surface area (Å²) in [6, 6.07) is 5.40. The first-order chi connectivity index (χ1) is 16.7. The molecule has 4 rings (SSSR count). The number of non-ortho nitro benzene ring substituents is 1. The highest BCUT2D eigenvalue weighted by molar-refractivity contribution is 7.17. The number of nitrogens with one attached hydrogen (secondary N) is 1. The van der Waals surface area contributed by atoms with E-state index in [4.69, 9.17) is 21.1 Å². The fourth-order valence-electron chi connectivity index (χ4n) is 3.72. The summed E-state index contributed by atoms with van der Waals surface area (Å²) in [6.45, 7) is 3.51. The highest BCUT2D eigenvalue weighted by Crippen LogP contribution is 2.39. The van der Waals surface area contributed by atoms with Gasteiger partial charge in [-0.2, -0.15) is 5.10 Å². The minimum atomic E-state index is -0.550. The van der Waals surface area contributed by atoms with E-state index in [2.05, 4.69) is 10.4 Å². The number of esters is 1. The summed E-state index contributed by atoms with van der Waals surface area (Å²) in [5.74, 6) is -0.654. The average molecular weight is 519 g/mol. The molecule has 0 saturated heterocycles. The molecule has 0 fully saturated rings. The van der Waals surface area contributed by atoms with Gasteiger partial charge in [0.1, 0.15) is 10.8 Å². The Bertz CT molecular complexity index is 1290. The van der Waals surface area contributed by atoms with Crippen LogP contribution in [0.4, 0.5) is 10.7 Å². The first-order valence-corrected chi connectivity index (χ1v) is 12.2. The first-order valence-electron chi connectivity index (χ1n) is 11.0. The molecule has 0 unspecified atom stereocenters. The van der Waals surface area contributed by atoms with Crippen LogP contribution < -0.4 is 10.1 Å². The number of aryl methyl sites for hydroxylation is 1. The molecule has 0 aliphatic heterocycles. The standard InChI is InChI=1S/C23H23ClN4O6S/c1-13(2)34-23(30)20-15-5-3-4-6-19(15)35-22(20)25-21(29)17-9-10-27(26-17)12-33-18-8-7-14(28(31)32)11-16(18)24/h7-11,13H,3-6,12H2,1-2H3,(H,25,29). The van der Waals surface area contributed by atoms with Crippen molar-refractivity contribution in [3.8, 4) is 5.75 Å². The number of halogens is 1. The van der Waals surface area contributed by atoms with Gasteiger partial charge in [-0.05, 0) is 57.2 Å². The summed E-state index contributed by atoms with van der Waals surface area (Å²) in [5.41, 5.74) is 1.38. The molecule has 10 nitrogen and oxygen atoms in total. The molecule has 184 valence electrons. The maximum atomic E-state index is 12.9. The van der Waals surface area contributed by atoms with Gasteiger partial charge in [0.2, 0.25) is 0 Å². The van der Waals surface area contributed by atoms with Crippen LogP contribution in [0, 0.1) is 10.1 Å². The van der Waals surface area contributed by atoms with E-state index in [1.54, 1.807) is 20.0 Å². The van der Waals surface area contributed by atoms with Gasteiger partial charge in [0.25, 0.3) is 11.6 Å². The Morgan fingerprint density at radius 3 is 2.77 bits per heavy atom. The quantitative estimate of drug-likeness (QED) is 0.245. The predicted octanol–water partition coefficient (Wildman–Crippen LogP) is 5.24. The topological polar surface area (TPSA) is 126 Å². The minimum absolute atomic E-state index is 0.0654. The molecule has 0 atom stereocenters. The summed E-state index contributed by atoms with van der Waals surface area (Å²) in [6.07, 6.45) is 4.97. The number of hydrogen-bond donors (Lipinski definition) is 1. The van der Waals surface area contributed by atoms with E-state index in [0.717, 1.165) is 36.1 Å². The number of nitro groups is 1. The molecule has 1 aliphatic rings. The van der Waals surface area contributed by atoms with Crippen LogP contribution in [-0.2, 0) is 24.3 Å². The molecule has 1 N–H and O–H groups in total. The molecule has 0 spiro atoms. The van der Waals surface area contributed by atoms with Crippen molar-refractivity contribution < 1.29 is 24.0 Å². The molecule has 0 bridgehead atoms.